The lowest BCUT2D eigenvalue weighted by Crippen LogP contribution is -2.36. The van der Waals surface area contributed by atoms with Crippen LogP contribution in [0.4, 0.5) is 5.69 Å². The molecule has 7 heteroatoms. The van der Waals surface area contributed by atoms with E-state index in [2.05, 4.69) is 16.1 Å². The number of hydrazine groups is 2. The molecule has 1 aromatic heterocycles. The van der Waals surface area contributed by atoms with E-state index in [1.165, 1.54) is 0 Å². The van der Waals surface area contributed by atoms with Crippen molar-refractivity contribution in [2.45, 2.75) is 13.8 Å². The fourth-order valence-corrected chi connectivity index (χ4v) is 2.35. The molecular weight excluding hydrogens is 282 g/mol. The van der Waals surface area contributed by atoms with Crippen LogP contribution in [0.1, 0.15) is 27.2 Å². The number of hydrogen-bond acceptors (Lipinski definition) is 5. The fraction of sp³-hybridized carbons (Fsp3) is 0.200. The second-order valence-electron chi connectivity index (χ2n) is 5.22. The third-order valence-corrected chi connectivity index (χ3v) is 3.81. The van der Waals surface area contributed by atoms with Crippen molar-refractivity contribution in [2.24, 2.45) is 7.05 Å². The summed E-state index contributed by atoms with van der Waals surface area (Å²) < 4.78 is 1.80. The fourth-order valence-electron chi connectivity index (χ4n) is 2.35. The van der Waals surface area contributed by atoms with Crippen molar-refractivity contribution in [2.75, 3.05) is 5.01 Å². The molecule has 1 aliphatic rings. The number of nitrogens with one attached hydrogen (secondary N) is 2. The van der Waals surface area contributed by atoms with Crippen molar-refractivity contribution in [1.29, 1.82) is 0 Å². The molecule has 0 saturated heterocycles. The van der Waals surface area contributed by atoms with Crippen LogP contribution in [0.3, 0.4) is 0 Å². The largest absolute Gasteiger partial charge is 0.478 e. The Morgan fingerprint density at radius 3 is 2.73 bits per heavy atom. The summed E-state index contributed by atoms with van der Waals surface area (Å²) in [5, 5.41) is 15.1. The second kappa shape index (κ2) is 5.19. The SMILES string of the molecule is Cc1ccc(C(=O)O)cc1N1C=C(c2cnn(C)c2C)NN1. The van der Waals surface area contributed by atoms with Crippen LogP contribution < -0.4 is 16.0 Å². The van der Waals surface area contributed by atoms with Crippen LogP contribution in [-0.2, 0) is 7.05 Å². The average molecular weight is 299 g/mol. The van der Waals surface area contributed by atoms with Gasteiger partial charge in [-0.1, -0.05) is 6.07 Å². The van der Waals surface area contributed by atoms with Gasteiger partial charge in [-0.3, -0.25) is 9.69 Å². The predicted octanol–water partition coefficient (Wildman–Crippen LogP) is 1.56. The molecule has 0 atom stereocenters. The standard InChI is InChI=1S/C15H17N5O2/c1-9-4-5-11(15(21)22)6-14(9)20-8-13(17-18-20)12-7-16-19(3)10(12)2/h4-8,17-18H,1-3H3,(H,21,22). The molecule has 2 heterocycles. The van der Waals surface area contributed by atoms with Crippen LogP contribution in [0, 0.1) is 13.8 Å². The van der Waals surface area contributed by atoms with E-state index in [4.69, 9.17) is 5.11 Å². The molecule has 0 radical (unpaired) electrons. The van der Waals surface area contributed by atoms with E-state index in [-0.39, 0.29) is 5.56 Å². The molecule has 22 heavy (non-hydrogen) atoms. The monoisotopic (exact) mass is 299 g/mol. The quantitative estimate of drug-likeness (QED) is 0.798. The molecule has 3 N–H and O–H groups in total. The van der Waals surface area contributed by atoms with E-state index >= 15 is 0 Å². The molecule has 0 saturated carbocycles. The zero-order valence-corrected chi connectivity index (χ0v) is 12.6. The highest BCUT2D eigenvalue weighted by atomic mass is 16.4. The molecule has 1 aromatic carbocycles. The molecule has 0 spiro atoms. The third kappa shape index (κ3) is 2.31. The Labute approximate surface area is 127 Å². The lowest BCUT2D eigenvalue weighted by Gasteiger charge is -2.18. The number of nitrogens with zero attached hydrogens (tertiary/aromatic N) is 3. The highest BCUT2D eigenvalue weighted by molar-refractivity contribution is 5.89. The summed E-state index contributed by atoms with van der Waals surface area (Å²) in [5.74, 6) is -0.944. The molecular formula is C15H17N5O2. The minimum Gasteiger partial charge on any atom is -0.478 e. The minimum absolute atomic E-state index is 0.252. The number of rotatable bonds is 3. The predicted molar refractivity (Wildman–Crippen MR) is 82.8 cm³/mol. The maximum Gasteiger partial charge on any atom is 0.335 e. The van der Waals surface area contributed by atoms with E-state index in [1.807, 2.05) is 27.1 Å². The van der Waals surface area contributed by atoms with Crippen LogP contribution in [0.25, 0.3) is 5.70 Å². The zero-order chi connectivity index (χ0) is 15.9. The topological polar surface area (TPSA) is 82.4 Å². The average Bonchev–Trinajstić information content (AvgIpc) is 3.07. The van der Waals surface area contributed by atoms with Crippen LogP contribution >= 0.6 is 0 Å². The Hall–Kier alpha value is -2.80. The van der Waals surface area contributed by atoms with Gasteiger partial charge in [0, 0.05) is 24.5 Å². The summed E-state index contributed by atoms with van der Waals surface area (Å²) in [5.41, 5.74) is 11.0. The molecule has 114 valence electrons. The number of carboxylic acid groups (broad SMARTS) is 1. The molecule has 0 aliphatic carbocycles. The van der Waals surface area contributed by atoms with Crippen molar-refractivity contribution in [3.63, 3.8) is 0 Å². The van der Waals surface area contributed by atoms with E-state index in [1.54, 1.807) is 34.1 Å². The van der Waals surface area contributed by atoms with Crippen molar-refractivity contribution in [3.05, 3.63) is 53.0 Å². The number of anilines is 1. The molecule has 0 amide bonds. The summed E-state index contributed by atoms with van der Waals surface area (Å²) >= 11 is 0. The molecule has 1 aliphatic heterocycles. The van der Waals surface area contributed by atoms with Gasteiger partial charge in [-0.15, -0.1) is 5.53 Å². The van der Waals surface area contributed by atoms with Crippen LogP contribution in [0.15, 0.2) is 30.6 Å². The lowest BCUT2D eigenvalue weighted by molar-refractivity contribution is 0.0697. The third-order valence-electron chi connectivity index (χ3n) is 3.81. The van der Waals surface area contributed by atoms with E-state index in [9.17, 15) is 4.79 Å². The van der Waals surface area contributed by atoms with Crippen molar-refractivity contribution in [3.8, 4) is 0 Å². The van der Waals surface area contributed by atoms with Gasteiger partial charge in [-0.25, -0.2) is 4.79 Å². The summed E-state index contributed by atoms with van der Waals surface area (Å²) in [6.07, 6.45) is 3.68. The van der Waals surface area contributed by atoms with Crippen molar-refractivity contribution >= 4 is 17.4 Å². The summed E-state index contributed by atoms with van der Waals surface area (Å²) in [6.45, 7) is 3.92. The van der Waals surface area contributed by atoms with Gasteiger partial charge in [-0.05, 0) is 31.5 Å². The highest BCUT2D eigenvalue weighted by Crippen LogP contribution is 2.25. The van der Waals surface area contributed by atoms with Gasteiger partial charge in [0.05, 0.1) is 23.1 Å². The number of benzene rings is 1. The maximum absolute atomic E-state index is 11.1. The summed E-state index contributed by atoms with van der Waals surface area (Å²) in [7, 11) is 1.89. The van der Waals surface area contributed by atoms with Crippen LogP contribution in [-0.4, -0.2) is 20.9 Å². The Balaban J connectivity index is 1.96. The van der Waals surface area contributed by atoms with Gasteiger partial charge < -0.3 is 10.5 Å². The van der Waals surface area contributed by atoms with Gasteiger partial charge >= 0.3 is 5.97 Å². The zero-order valence-electron chi connectivity index (χ0n) is 12.6. The van der Waals surface area contributed by atoms with Crippen molar-refractivity contribution < 1.29 is 9.90 Å². The highest BCUT2D eigenvalue weighted by Gasteiger charge is 2.19. The number of aryl methyl sites for hydroxylation is 2. The number of carboxylic acids is 1. The van der Waals surface area contributed by atoms with Crippen LogP contribution in [0.2, 0.25) is 0 Å². The summed E-state index contributed by atoms with van der Waals surface area (Å²) in [4.78, 5) is 11.1. The Morgan fingerprint density at radius 2 is 2.09 bits per heavy atom. The van der Waals surface area contributed by atoms with Crippen molar-refractivity contribution in [1.82, 2.24) is 20.7 Å². The van der Waals surface area contributed by atoms with Gasteiger partial charge in [0.15, 0.2) is 0 Å². The first-order valence-electron chi connectivity index (χ1n) is 6.83. The van der Waals surface area contributed by atoms with Gasteiger partial charge in [0.1, 0.15) is 0 Å². The lowest BCUT2D eigenvalue weighted by atomic mass is 10.1. The first-order chi connectivity index (χ1) is 10.5. The number of carbonyl (C=O) groups is 1. The number of hydrogen-bond donors (Lipinski definition) is 3. The van der Waals surface area contributed by atoms with E-state index in [0.717, 1.165) is 28.2 Å². The Morgan fingerprint density at radius 1 is 1.32 bits per heavy atom. The van der Waals surface area contributed by atoms with Gasteiger partial charge in [0.2, 0.25) is 0 Å². The smallest absolute Gasteiger partial charge is 0.335 e. The molecule has 0 bridgehead atoms. The van der Waals surface area contributed by atoms with Crippen LogP contribution in [0.5, 0.6) is 0 Å². The maximum atomic E-state index is 11.1. The molecule has 7 nitrogen and oxygen atoms in total. The van der Waals surface area contributed by atoms with Gasteiger partial charge in [-0.2, -0.15) is 5.10 Å². The molecule has 3 rings (SSSR count). The number of aromatic carboxylic acids is 1. The Bertz CT molecular complexity index is 778. The Kier molecular flexibility index (Phi) is 3.34. The first-order valence-corrected chi connectivity index (χ1v) is 6.83. The van der Waals surface area contributed by atoms with Gasteiger partial charge in [0.25, 0.3) is 0 Å². The minimum atomic E-state index is -0.944. The van der Waals surface area contributed by atoms with E-state index in [0.29, 0.717) is 0 Å². The van der Waals surface area contributed by atoms with E-state index < -0.39 is 5.97 Å². The normalized spacial score (nSPS) is 14.0. The number of aromatic nitrogens is 2. The molecule has 2 aromatic rings. The summed E-state index contributed by atoms with van der Waals surface area (Å²) in [6, 6.07) is 5.03. The molecule has 0 fully saturated rings. The first kappa shape index (κ1) is 14.2. The second-order valence-corrected chi connectivity index (χ2v) is 5.22. The molecule has 0 unspecified atom stereocenters.